The van der Waals surface area contributed by atoms with Crippen molar-refractivity contribution in [3.8, 4) is 22.6 Å². The lowest BCUT2D eigenvalue weighted by molar-refractivity contribution is 0.533. The number of nitrogens with zero attached hydrogens (tertiary/aromatic N) is 5. The van der Waals surface area contributed by atoms with E-state index in [4.69, 9.17) is 39.2 Å². The fraction of sp³-hybridized carbons (Fsp3) is 0.0667. The van der Waals surface area contributed by atoms with Gasteiger partial charge >= 0.3 is 0 Å². The quantitative estimate of drug-likeness (QED) is 0.451. The second-order valence-electron chi connectivity index (χ2n) is 5.11. The van der Waals surface area contributed by atoms with Gasteiger partial charge in [0.05, 0.1) is 16.8 Å². The van der Waals surface area contributed by atoms with Crippen molar-refractivity contribution in [3.05, 3.63) is 51.4 Å². The molecule has 0 bridgehead atoms. The van der Waals surface area contributed by atoms with Crippen molar-refractivity contribution in [3.63, 3.8) is 0 Å². The molecular formula is C15H7Cl3FN5O. The molecule has 4 aromatic rings. The number of hydrogen-bond donors (Lipinski definition) is 0. The summed E-state index contributed by atoms with van der Waals surface area (Å²) in [7, 11) is 0. The summed E-state index contributed by atoms with van der Waals surface area (Å²) in [5.41, 5.74) is 1.62. The molecule has 0 unspecified atom stereocenters. The van der Waals surface area contributed by atoms with Crippen LogP contribution in [0.15, 0.2) is 28.8 Å². The van der Waals surface area contributed by atoms with Gasteiger partial charge in [-0.05, 0) is 18.2 Å². The number of benzene rings is 1. The molecule has 6 nitrogen and oxygen atoms in total. The number of fused-ring (bicyclic) bond motifs is 1. The summed E-state index contributed by atoms with van der Waals surface area (Å²) in [4.78, 5) is 4.32. The number of aryl methyl sites for hydroxylation is 1. The zero-order valence-electron chi connectivity index (χ0n) is 12.5. The molecule has 4 rings (SSSR count). The van der Waals surface area contributed by atoms with Crippen LogP contribution < -0.4 is 0 Å². The summed E-state index contributed by atoms with van der Waals surface area (Å²) in [6, 6.07) is 3.90. The van der Waals surface area contributed by atoms with Crippen LogP contribution in [0.25, 0.3) is 28.2 Å². The molecule has 0 saturated carbocycles. The summed E-state index contributed by atoms with van der Waals surface area (Å²) in [5.74, 6) is 0.184. The Morgan fingerprint density at radius 3 is 2.60 bits per heavy atom. The second-order valence-corrected chi connectivity index (χ2v) is 6.24. The third-order valence-corrected chi connectivity index (χ3v) is 4.44. The smallest absolute Gasteiger partial charge is 0.253 e. The Labute approximate surface area is 155 Å². The summed E-state index contributed by atoms with van der Waals surface area (Å²) in [5, 5.41) is 12.3. The van der Waals surface area contributed by atoms with Gasteiger partial charge in [0.25, 0.3) is 5.89 Å². The van der Waals surface area contributed by atoms with Gasteiger partial charge in [-0.15, -0.1) is 10.2 Å². The molecule has 0 saturated heterocycles. The molecule has 0 fully saturated rings. The third kappa shape index (κ3) is 2.64. The third-order valence-electron chi connectivity index (χ3n) is 3.50. The van der Waals surface area contributed by atoms with E-state index in [-0.39, 0.29) is 21.2 Å². The molecule has 0 aliphatic carbocycles. The standard InChI is InChI=1S/C15H7Cl3FN5O/c1-6-22-23-15(25-6)9-5-20-24-13(18)11(12(17)21-14(9)24)8-3-2-7(19)4-10(8)16/h2-5H,1H3. The maximum Gasteiger partial charge on any atom is 0.253 e. The highest BCUT2D eigenvalue weighted by Crippen LogP contribution is 2.39. The second kappa shape index (κ2) is 5.94. The van der Waals surface area contributed by atoms with Crippen molar-refractivity contribution in [2.24, 2.45) is 0 Å². The minimum atomic E-state index is -0.469. The van der Waals surface area contributed by atoms with Crippen LogP contribution in [0, 0.1) is 12.7 Å². The van der Waals surface area contributed by atoms with E-state index in [1.54, 1.807) is 6.92 Å². The monoisotopic (exact) mass is 397 g/mol. The van der Waals surface area contributed by atoms with Gasteiger partial charge in [0, 0.05) is 12.5 Å². The molecule has 0 radical (unpaired) electrons. The SMILES string of the molecule is Cc1nnc(-c2cnn3c(Cl)c(-c4ccc(F)cc4Cl)c(Cl)nc23)o1. The van der Waals surface area contributed by atoms with Crippen LogP contribution in [0.4, 0.5) is 4.39 Å². The molecule has 3 aromatic heterocycles. The molecule has 0 amide bonds. The van der Waals surface area contributed by atoms with E-state index in [1.165, 1.54) is 28.9 Å². The predicted octanol–water partition coefficient (Wildman–Crippen LogP) is 4.85. The van der Waals surface area contributed by atoms with E-state index in [1.807, 2.05) is 0 Å². The van der Waals surface area contributed by atoms with Crippen LogP contribution in [0.5, 0.6) is 0 Å². The van der Waals surface area contributed by atoms with Crippen LogP contribution in [0.1, 0.15) is 5.89 Å². The van der Waals surface area contributed by atoms with Crippen molar-refractivity contribution in [2.45, 2.75) is 6.92 Å². The topological polar surface area (TPSA) is 69.1 Å². The summed E-state index contributed by atoms with van der Waals surface area (Å²) in [6.07, 6.45) is 1.49. The molecule has 0 N–H and O–H groups in total. The van der Waals surface area contributed by atoms with E-state index in [0.29, 0.717) is 28.2 Å². The van der Waals surface area contributed by atoms with E-state index in [0.717, 1.165) is 0 Å². The molecule has 1 aromatic carbocycles. The lowest BCUT2D eigenvalue weighted by atomic mass is 10.1. The van der Waals surface area contributed by atoms with E-state index in [2.05, 4.69) is 20.3 Å². The van der Waals surface area contributed by atoms with Crippen molar-refractivity contribution >= 4 is 40.4 Å². The summed E-state index contributed by atoms with van der Waals surface area (Å²) in [6.45, 7) is 1.67. The fourth-order valence-electron chi connectivity index (χ4n) is 2.40. The largest absolute Gasteiger partial charge is 0.421 e. The van der Waals surface area contributed by atoms with E-state index < -0.39 is 5.82 Å². The number of halogens is 4. The molecule has 0 atom stereocenters. The van der Waals surface area contributed by atoms with Crippen molar-refractivity contribution in [1.29, 1.82) is 0 Å². The first-order valence-electron chi connectivity index (χ1n) is 6.94. The first-order chi connectivity index (χ1) is 12.0. The maximum atomic E-state index is 13.3. The van der Waals surface area contributed by atoms with Crippen LogP contribution in [0.2, 0.25) is 15.3 Å². The Kier molecular flexibility index (Phi) is 3.87. The minimum absolute atomic E-state index is 0.0870. The van der Waals surface area contributed by atoms with Crippen molar-refractivity contribution in [2.75, 3.05) is 0 Å². The molecule has 0 aliphatic rings. The van der Waals surface area contributed by atoms with Gasteiger partial charge in [-0.2, -0.15) is 5.10 Å². The van der Waals surface area contributed by atoms with Crippen molar-refractivity contribution in [1.82, 2.24) is 24.8 Å². The summed E-state index contributed by atoms with van der Waals surface area (Å²) >= 11 is 18.9. The van der Waals surface area contributed by atoms with Crippen LogP contribution in [-0.4, -0.2) is 24.8 Å². The average Bonchev–Trinajstić information content (AvgIpc) is 3.15. The molecule has 10 heteroatoms. The fourth-order valence-corrected chi connectivity index (χ4v) is 3.30. The van der Waals surface area contributed by atoms with Crippen LogP contribution in [-0.2, 0) is 0 Å². The van der Waals surface area contributed by atoms with Gasteiger partial charge in [-0.3, -0.25) is 0 Å². The van der Waals surface area contributed by atoms with Gasteiger partial charge < -0.3 is 4.42 Å². The number of rotatable bonds is 2. The van der Waals surface area contributed by atoms with Gasteiger partial charge in [-0.1, -0.05) is 34.8 Å². The first kappa shape index (κ1) is 16.3. The van der Waals surface area contributed by atoms with Crippen molar-refractivity contribution < 1.29 is 8.81 Å². The number of hydrogen-bond acceptors (Lipinski definition) is 5. The normalized spacial score (nSPS) is 11.4. The Hall–Kier alpha value is -2.22. The van der Waals surface area contributed by atoms with Gasteiger partial charge in [0.2, 0.25) is 5.89 Å². The lowest BCUT2D eigenvalue weighted by Gasteiger charge is -2.10. The van der Waals surface area contributed by atoms with E-state index in [9.17, 15) is 4.39 Å². The first-order valence-corrected chi connectivity index (χ1v) is 8.07. The van der Waals surface area contributed by atoms with Gasteiger partial charge in [-0.25, -0.2) is 13.9 Å². The van der Waals surface area contributed by atoms with Gasteiger partial charge in [0.15, 0.2) is 5.65 Å². The molecule has 0 aliphatic heterocycles. The molecule has 3 heterocycles. The van der Waals surface area contributed by atoms with E-state index >= 15 is 0 Å². The molecule has 126 valence electrons. The van der Waals surface area contributed by atoms with Crippen LogP contribution >= 0.6 is 34.8 Å². The Morgan fingerprint density at radius 1 is 1.12 bits per heavy atom. The highest BCUT2D eigenvalue weighted by atomic mass is 35.5. The Morgan fingerprint density at radius 2 is 1.92 bits per heavy atom. The average molecular weight is 399 g/mol. The maximum absolute atomic E-state index is 13.3. The van der Waals surface area contributed by atoms with Crippen LogP contribution in [0.3, 0.4) is 0 Å². The molecule has 0 spiro atoms. The predicted molar refractivity (Wildman–Crippen MR) is 91.4 cm³/mol. The van der Waals surface area contributed by atoms with Gasteiger partial charge in [0.1, 0.15) is 21.7 Å². The highest BCUT2D eigenvalue weighted by Gasteiger charge is 2.22. The summed E-state index contributed by atoms with van der Waals surface area (Å²) < 4.78 is 20.1. The minimum Gasteiger partial charge on any atom is -0.421 e. The highest BCUT2D eigenvalue weighted by molar-refractivity contribution is 6.40. The zero-order chi connectivity index (χ0) is 17.7. The molecular weight excluding hydrogens is 392 g/mol. The molecule has 25 heavy (non-hydrogen) atoms. The number of aromatic nitrogens is 5. The Bertz CT molecular complexity index is 1120. The lowest BCUT2D eigenvalue weighted by Crippen LogP contribution is -1.98. The Balaban J connectivity index is 1.97. The zero-order valence-corrected chi connectivity index (χ0v) is 14.7.